The third-order valence-electron chi connectivity index (χ3n) is 2.80. The predicted octanol–water partition coefficient (Wildman–Crippen LogP) is 4.08. The zero-order valence-electron chi connectivity index (χ0n) is 11.3. The van der Waals surface area contributed by atoms with Crippen molar-refractivity contribution in [2.45, 2.75) is 6.54 Å². The number of hydrogen-bond acceptors (Lipinski definition) is 2. The molecule has 0 radical (unpaired) electrons. The Morgan fingerprint density at radius 1 is 1.29 bits per heavy atom. The molecule has 2 N–H and O–H groups in total. The lowest BCUT2D eigenvalue weighted by Gasteiger charge is -2.13. The standard InChI is InChI=1S/C15H14BrFN2OS/c1-20-14-5-3-2-4-13(14)19-15(21)18-9-10-8-11(16)6-7-12(10)17/h2-8H,9H2,1H3,(H2,18,19,21). The van der Waals surface area contributed by atoms with Crippen LogP contribution in [0.3, 0.4) is 0 Å². The van der Waals surface area contributed by atoms with Crippen LogP contribution >= 0.6 is 28.1 Å². The van der Waals surface area contributed by atoms with Gasteiger partial charge in [-0.15, -0.1) is 0 Å². The highest BCUT2D eigenvalue weighted by molar-refractivity contribution is 9.10. The summed E-state index contributed by atoms with van der Waals surface area (Å²) >= 11 is 8.52. The molecule has 0 aliphatic rings. The molecular formula is C15H14BrFN2OS. The average molecular weight is 369 g/mol. The first-order valence-corrected chi connectivity index (χ1v) is 7.42. The van der Waals surface area contributed by atoms with E-state index in [1.165, 1.54) is 6.07 Å². The molecule has 21 heavy (non-hydrogen) atoms. The van der Waals surface area contributed by atoms with Gasteiger partial charge in [-0.25, -0.2) is 4.39 Å². The van der Waals surface area contributed by atoms with Gasteiger partial charge in [-0.1, -0.05) is 28.1 Å². The van der Waals surface area contributed by atoms with E-state index in [1.54, 1.807) is 19.2 Å². The van der Waals surface area contributed by atoms with Crippen LogP contribution in [0.4, 0.5) is 10.1 Å². The van der Waals surface area contributed by atoms with Crippen molar-refractivity contribution < 1.29 is 9.13 Å². The number of nitrogens with one attached hydrogen (secondary N) is 2. The number of thiocarbonyl (C=S) groups is 1. The topological polar surface area (TPSA) is 33.3 Å². The number of methoxy groups -OCH3 is 1. The highest BCUT2D eigenvalue weighted by Gasteiger charge is 2.06. The van der Waals surface area contributed by atoms with Gasteiger partial charge >= 0.3 is 0 Å². The lowest BCUT2D eigenvalue weighted by atomic mass is 10.2. The molecule has 3 nitrogen and oxygen atoms in total. The Kier molecular flexibility index (Phi) is 5.52. The van der Waals surface area contributed by atoms with Crippen molar-refractivity contribution in [3.8, 4) is 5.75 Å². The van der Waals surface area contributed by atoms with Gasteiger partial charge in [-0.05, 0) is 42.5 Å². The Labute approximate surface area is 136 Å². The summed E-state index contributed by atoms with van der Waals surface area (Å²) in [5.41, 5.74) is 1.29. The molecule has 0 saturated heterocycles. The molecular weight excluding hydrogens is 355 g/mol. The Balaban J connectivity index is 1.97. The van der Waals surface area contributed by atoms with Crippen LogP contribution in [0.2, 0.25) is 0 Å². The largest absolute Gasteiger partial charge is 0.495 e. The summed E-state index contributed by atoms with van der Waals surface area (Å²) < 4.78 is 19.7. The summed E-state index contributed by atoms with van der Waals surface area (Å²) in [6, 6.07) is 12.2. The monoisotopic (exact) mass is 368 g/mol. The number of halogens is 2. The average Bonchev–Trinajstić information content (AvgIpc) is 2.49. The van der Waals surface area contributed by atoms with Gasteiger partial charge in [-0.2, -0.15) is 0 Å². The van der Waals surface area contributed by atoms with Gasteiger partial charge in [-0.3, -0.25) is 0 Å². The minimum absolute atomic E-state index is 0.272. The molecule has 2 rings (SSSR count). The molecule has 0 heterocycles. The lowest BCUT2D eigenvalue weighted by Crippen LogP contribution is -2.28. The molecule has 0 saturated carbocycles. The number of benzene rings is 2. The van der Waals surface area contributed by atoms with Gasteiger partial charge in [0.1, 0.15) is 11.6 Å². The van der Waals surface area contributed by atoms with Crippen LogP contribution in [-0.4, -0.2) is 12.2 Å². The molecule has 2 aromatic carbocycles. The quantitative estimate of drug-likeness (QED) is 0.796. The highest BCUT2D eigenvalue weighted by Crippen LogP contribution is 2.22. The van der Waals surface area contributed by atoms with Crippen LogP contribution in [0.1, 0.15) is 5.56 Å². The summed E-state index contributed by atoms with van der Waals surface area (Å²) in [7, 11) is 1.59. The van der Waals surface area contributed by atoms with Gasteiger partial charge in [0.25, 0.3) is 0 Å². The number of hydrogen-bond donors (Lipinski definition) is 2. The molecule has 0 amide bonds. The van der Waals surface area contributed by atoms with E-state index in [2.05, 4.69) is 26.6 Å². The van der Waals surface area contributed by atoms with E-state index in [9.17, 15) is 4.39 Å². The van der Waals surface area contributed by atoms with E-state index in [-0.39, 0.29) is 5.82 Å². The van der Waals surface area contributed by atoms with Crippen LogP contribution in [0.15, 0.2) is 46.9 Å². The maximum Gasteiger partial charge on any atom is 0.171 e. The Hall–Kier alpha value is -1.66. The fraction of sp³-hybridized carbons (Fsp3) is 0.133. The van der Waals surface area contributed by atoms with E-state index in [4.69, 9.17) is 17.0 Å². The zero-order chi connectivity index (χ0) is 15.2. The summed E-state index contributed by atoms with van der Waals surface area (Å²) in [6.07, 6.45) is 0. The van der Waals surface area contributed by atoms with Gasteiger partial charge in [0.15, 0.2) is 5.11 Å². The van der Waals surface area contributed by atoms with Crippen LogP contribution in [0.5, 0.6) is 5.75 Å². The summed E-state index contributed by atoms with van der Waals surface area (Å²) in [4.78, 5) is 0. The maximum absolute atomic E-state index is 13.6. The zero-order valence-corrected chi connectivity index (χ0v) is 13.7. The molecule has 0 unspecified atom stereocenters. The van der Waals surface area contributed by atoms with E-state index in [1.807, 2.05) is 24.3 Å². The summed E-state index contributed by atoms with van der Waals surface area (Å²) in [6.45, 7) is 0.298. The first kappa shape index (κ1) is 15.7. The first-order chi connectivity index (χ1) is 10.1. The lowest BCUT2D eigenvalue weighted by molar-refractivity contribution is 0.417. The Bertz CT molecular complexity index is 651. The molecule has 110 valence electrons. The molecule has 0 fully saturated rings. The minimum atomic E-state index is -0.272. The second-order valence-electron chi connectivity index (χ2n) is 4.24. The Morgan fingerprint density at radius 3 is 2.81 bits per heavy atom. The predicted molar refractivity (Wildman–Crippen MR) is 90.2 cm³/mol. The van der Waals surface area contributed by atoms with E-state index < -0.39 is 0 Å². The molecule has 0 bridgehead atoms. The van der Waals surface area contributed by atoms with Crippen molar-refractivity contribution in [2.75, 3.05) is 12.4 Å². The summed E-state index contributed by atoms with van der Waals surface area (Å²) in [5.74, 6) is 0.418. The second kappa shape index (κ2) is 7.38. The molecule has 0 spiro atoms. The van der Waals surface area contributed by atoms with Gasteiger partial charge < -0.3 is 15.4 Å². The van der Waals surface area contributed by atoms with E-state index in [0.29, 0.717) is 23.0 Å². The summed E-state index contributed by atoms with van der Waals surface area (Å²) in [5, 5.41) is 6.40. The number of ether oxygens (including phenoxy) is 1. The number of rotatable bonds is 4. The molecule has 0 atom stereocenters. The smallest absolute Gasteiger partial charge is 0.171 e. The molecule has 2 aromatic rings. The van der Waals surface area contributed by atoms with Crippen molar-refractivity contribution in [2.24, 2.45) is 0 Å². The normalized spacial score (nSPS) is 10.0. The van der Waals surface area contributed by atoms with Gasteiger partial charge in [0.2, 0.25) is 0 Å². The van der Waals surface area contributed by atoms with Crippen molar-refractivity contribution in [3.05, 3.63) is 58.3 Å². The maximum atomic E-state index is 13.6. The fourth-order valence-corrected chi connectivity index (χ4v) is 2.36. The number of anilines is 1. The van der Waals surface area contributed by atoms with E-state index in [0.717, 1.165) is 10.2 Å². The Morgan fingerprint density at radius 2 is 2.05 bits per heavy atom. The molecule has 0 aromatic heterocycles. The molecule has 6 heteroatoms. The van der Waals surface area contributed by atoms with Crippen LogP contribution < -0.4 is 15.4 Å². The van der Waals surface area contributed by atoms with E-state index >= 15 is 0 Å². The van der Waals surface area contributed by atoms with Crippen molar-refractivity contribution >= 4 is 38.9 Å². The SMILES string of the molecule is COc1ccccc1NC(=S)NCc1cc(Br)ccc1F. The van der Waals surface area contributed by atoms with Gasteiger partial charge in [0.05, 0.1) is 12.8 Å². The van der Waals surface area contributed by atoms with Crippen LogP contribution in [0.25, 0.3) is 0 Å². The van der Waals surface area contributed by atoms with Crippen molar-refractivity contribution in [1.29, 1.82) is 0 Å². The number of para-hydroxylation sites is 2. The molecule has 0 aliphatic carbocycles. The van der Waals surface area contributed by atoms with Crippen molar-refractivity contribution in [1.82, 2.24) is 5.32 Å². The third kappa shape index (κ3) is 4.41. The minimum Gasteiger partial charge on any atom is -0.495 e. The fourth-order valence-electron chi connectivity index (χ4n) is 1.77. The van der Waals surface area contributed by atoms with Crippen LogP contribution in [0, 0.1) is 5.82 Å². The molecule has 0 aliphatic heterocycles. The van der Waals surface area contributed by atoms with Gasteiger partial charge in [0, 0.05) is 16.6 Å². The van der Waals surface area contributed by atoms with Crippen LogP contribution in [-0.2, 0) is 6.54 Å². The third-order valence-corrected chi connectivity index (χ3v) is 3.54. The highest BCUT2D eigenvalue weighted by atomic mass is 79.9. The first-order valence-electron chi connectivity index (χ1n) is 6.22. The second-order valence-corrected chi connectivity index (χ2v) is 5.57. The van der Waals surface area contributed by atoms with Crippen molar-refractivity contribution in [3.63, 3.8) is 0 Å².